The molecule has 4 rings (SSSR count). The standard InChI is InChI=1S/C23H15Cl2NO4/c24-15-6-8-17(9-7-15)26-20(13-4-10-18(27)11-5-13)19(22(29)23(26)30)21(28)14-2-1-3-16(25)12-14/h1-12,20,27-28H/b21-19-. The SMILES string of the molecule is O=C1C(=O)N(c2ccc(Cl)cc2)C(c2ccc(O)cc2)/C1=C(/O)c1cccc(Cl)c1. The van der Waals surface area contributed by atoms with Crippen LogP contribution in [-0.4, -0.2) is 21.9 Å². The maximum Gasteiger partial charge on any atom is 0.300 e. The van der Waals surface area contributed by atoms with Gasteiger partial charge in [-0.3, -0.25) is 14.5 Å². The number of rotatable bonds is 3. The van der Waals surface area contributed by atoms with Crippen LogP contribution in [0.1, 0.15) is 17.2 Å². The number of nitrogens with zero attached hydrogens (tertiary/aromatic N) is 1. The first-order chi connectivity index (χ1) is 14.4. The fourth-order valence-electron chi connectivity index (χ4n) is 3.46. The van der Waals surface area contributed by atoms with E-state index in [0.717, 1.165) is 0 Å². The number of anilines is 1. The van der Waals surface area contributed by atoms with Crippen LogP contribution in [-0.2, 0) is 9.59 Å². The second kappa shape index (κ2) is 7.86. The number of hydrogen-bond donors (Lipinski definition) is 2. The lowest BCUT2D eigenvalue weighted by Crippen LogP contribution is -2.29. The highest BCUT2D eigenvalue weighted by atomic mass is 35.5. The second-order valence-corrected chi connectivity index (χ2v) is 7.62. The Balaban J connectivity index is 1.95. The summed E-state index contributed by atoms with van der Waals surface area (Å²) in [6, 6.07) is 18.1. The number of benzene rings is 3. The Bertz CT molecular complexity index is 1170. The molecule has 1 heterocycles. The van der Waals surface area contributed by atoms with Crippen molar-refractivity contribution in [1.82, 2.24) is 0 Å². The summed E-state index contributed by atoms with van der Waals surface area (Å²) in [6.45, 7) is 0. The summed E-state index contributed by atoms with van der Waals surface area (Å²) < 4.78 is 0. The van der Waals surface area contributed by atoms with E-state index in [0.29, 0.717) is 26.9 Å². The van der Waals surface area contributed by atoms with Crippen molar-refractivity contribution in [3.05, 3.63) is 99.5 Å². The number of carbonyl (C=O) groups excluding carboxylic acids is 2. The van der Waals surface area contributed by atoms with Gasteiger partial charge in [0.05, 0.1) is 11.6 Å². The summed E-state index contributed by atoms with van der Waals surface area (Å²) in [4.78, 5) is 27.3. The van der Waals surface area contributed by atoms with E-state index in [2.05, 4.69) is 0 Å². The molecule has 0 aromatic heterocycles. The number of ketones is 1. The Morgan fingerprint density at radius 2 is 1.53 bits per heavy atom. The zero-order valence-corrected chi connectivity index (χ0v) is 16.9. The topological polar surface area (TPSA) is 77.8 Å². The van der Waals surface area contributed by atoms with Crippen molar-refractivity contribution in [2.75, 3.05) is 4.90 Å². The van der Waals surface area contributed by atoms with Crippen LogP contribution in [0.2, 0.25) is 10.0 Å². The first-order valence-corrected chi connectivity index (χ1v) is 9.74. The van der Waals surface area contributed by atoms with Crippen LogP contribution in [0.5, 0.6) is 5.75 Å². The van der Waals surface area contributed by atoms with Crippen molar-refractivity contribution in [3.8, 4) is 5.75 Å². The molecule has 1 atom stereocenters. The number of aliphatic hydroxyl groups excluding tert-OH is 1. The molecule has 0 spiro atoms. The van der Waals surface area contributed by atoms with Gasteiger partial charge in [-0.25, -0.2) is 0 Å². The fourth-order valence-corrected chi connectivity index (χ4v) is 3.78. The van der Waals surface area contributed by atoms with Gasteiger partial charge in [0, 0.05) is 21.3 Å². The average Bonchev–Trinajstić information content (AvgIpc) is 3.00. The van der Waals surface area contributed by atoms with Crippen LogP contribution in [0.25, 0.3) is 5.76 Å². The van der Waals surface area contributed by atoms with E-state index in [-0.39, 0.29) is 17.1 Å². The highest BCUT2D eigenvalue weighted by molar-refractivity contribution is 6.51. The van der Waals surface area contributed by atoms with Gasteiger partial charge in [0.1, 0.15) is 11.5 Å². The summed E-state index contributed by atoms with van der Waals surface area (Å²) in [5.41, 5.74) is 1.25. The molecule has 7 heteroatoms. The molecule has 1 amide bonds. The van der Waals surface area contributed by atoms with Crippen LogP contribution in [0, 0.1) is 0 Å². The third-order valence-electron chi connectivity index (χ3n) is 4.86. The van der Waals surface area contributed by atoms with E-state index in [1.165, 1.54) is 23.1 Å². The maximum absolute atomic E-state index is 13.0. The van der Waals surface area contributed by atoms with E-state index in [1.807, 2.05) is 0 Å². The van der Waals surface area contributed by atoms with Gasteiger partial charge < -0.3 is 10.2 Å². The number of phenolic OH excluding ortho intramolecular Hbond substituents is 1. The van der Waals surface area contributed by atoms with Gasteiger partial charge >= 0.3 is 0 Å². The van der Waals surface area contributed by atoms with Crippen molar-refractivity contribution in [2.24, 2.45) is 0 Å². The molecule has 30 heavy (non-hydrogen) atoms. The molecule has 0 saturated carbocycles. The monoisotopic (exact) mass is 439 g/mol. The summed E-state index contributed by atoms with van der Waals surface area (Å²) in [7, 11) is 0. The van der Waals surface area contributed by atoms with Gasteiger partial charge in [-0.05, 0) is 54.1 Å². The van der Waals surface area contributed by atoms with Crippen molar-refractivity contribution in [3.63, 3.8) is 0 Å². The highest BCUT2D eigenvalue weighted by Gasteiger charge is 2.46. The highest BCUT2D eigenvalue weighted by Crippen LogP contribution is 2.42. The predicted molar refractivity (Wildman–Crippen MR) is 116 cm³/mol. The Labute approximate surface area is 182 Å². The average molecular weight is 440 g/mol. The smallest absolute Gasteiger partial charge is 0.300 e. The number of amides is 1. The van der Waals surface area contributed by atoms with Gasteiger partial charge in [-0.2, -0.15) is 0 Å². The number of hydrogen-bond acceptors (Lipinski definition) is 4. The molecule has 5 nitrogen and oxygen atoms in total. The quantitative estimate of drug-likeness (QED) is 0.328. The Hall–Kier alpha value is -3.28. The minimum Gasteiger partial charge on any atom is -0.508 e. The number of aliphatic hydroxyl groups is 1. The molecular weight excluding hydrogens is 425 g/mol. The van der Waals surface area contributed by atoms with Crippen molar-refractivity contribution >= 4 is 46.3 Å². The van der Waals surface area contributed by atoms with E-state index >= 15 is 0 Å². The zero-order chi connectivity index (χ0) is 21.4. The van der Waals surface area contributed by atoms with Crippen molar-refractivity contribution in [2.45, 2.75) is 6.04 Å². The van der Waals surface area contributed by atoms with Crippen molar-refractivity contribution in [1.29, 1.82) is 0 Å². The summed E-state index contributed by atoms with van der Waals surface area (Å²) in [6.07, 6.45) is 0. The van der Waals surface area contributed by atoms with Gasteiger partial charge in [0.2, 0.25) is 0 Å². The molecule has 3 aromatic carbocycles. The summed E-state index contributed by atoms with van der Waals surface area (Å²) in [5.74, 6) is -1.89. The zero-order valence-electron chi connectivity index (χ0n) is 15.4. The lowest BCUT2D eigenvalue weighted by molar-refractivity contribution is -0.132. The van der Waals surface area contributed by atoms with Crippen molar-refractivity contribution < 1.29 is 19.8 Å². The predicted octanol–water partition coefficient (Wildman–Crippen LogP) is 5.33. The lowest BCUT2D eigenvalue weighted by Gasteiger charge is -2.25. The van der Waals surface area contributed by atoms with E-state index in [4.69, 9.17) is 23.2 Å². The molecular formula is C23H15Cl2NO4. The van der Waals surface area contributed by atoms with Gasteiger partial charge in [0.15, 0.2) is 0 Å². The molecule has 3 aromatic rings. The van der Waals surface area contributed by atoms with Gasteiger partial charge in [-0.15, -0.1) is 0 Å². The van der Waals surface area contributed by atoms with E-state index in [1.54, 1.807) is 54.6 Å². The lowest BCUT2D eigenvalue weighted by atomic mass is 9.95. The molecule has 150 valence electrons. The van der Waals surface area contributed by atoms with E-state index in [9.17, 15) is 19.8 Å². The normalized spacial score (nSPS) is 18.1. The maximum atomic E-state index is 13.0. The number of Topliss-reactive ketones (excluding diaryl/α,β-unsaturated/α-hetero) is 1. The number of phenols is 1. The first kappa shape index (κ1) is 20.0. The number of carbonyl (C=O) groups is 2. The number of halogens is 2. The number of aromatic hydroxyl groups is 1. The Kier molecular flexibility index (Phi) is 5.24. The van der Waals surface area contributed by atoms with Crippen LogP contribution in [0.15, 0.2) is 78.4 Å². The molecule has 1 aliphatic heterocycles. The van der Waals surface area contributed by atoms with Crippen LogP contribution >= 0.6 is 23.2 Å². The third kappa shape index (κ3) is 3.54. The largest absolute Gasteiger partial charge is 0.508 e. The molecule has 1 aliphatic rings. The van der Waals surface area contributed by atoms with Gasteiger partial charge in [0.25, 0.3) is 11.7 Å². The molecule has 1 saturated heterocycles. The molecule has 0 aliphatic carbocycles. The van der Waals surface area contributed by atoms with Crippen LogP contribution in [0.3, 0.4) is 0 Å². The molecule has 0 radical (unpaired) electrons. The Morgan fingerprint density at radius 3 is 2.17 bits per heavy atom. The van der Waals surface area contributed by atoms with Crippen LogP contribution in [0.4, 0.5) is 5.69 Å². The molecule has 0 bridgehead atoms. The van der Waals surface area contributed by atoms with Gasteiger partial charge in [-0.1, -0.05) is 47.5 Å². The van der Waals surface area contributed by atoms with Crippen LogP contribution < -0.4 is 4.90 Å². The third-order valence-corrected chi connectivity index (χ3v) is 5.34. The first-order valence-electron chi connectivity index (χ1n) is 8.98. The minimum atomic E-state index is -0.897. The molecule has 1 fully saturated rings. The summed E-state index contributed by atoms with van der Waals surface area (Å²) >= 11 is 12.0. The second-order valence-electron chi connectivity index (χ2n) is 6.75. The Morgan fingerprint density at radius 1 is 0.867 bits per heavy atom. The molecule has 2 N–H and O–H groups in total. The molecule has 1 unspecified atom stereocenters. The summed E-state index contributed by atoms with van der Waals surface area (Å²) in [5, 5.41) is 21.5. The fraction of sp³-hybridized carbons (Fsp3) is 0.0435. The van der Waals surface area contributed by atoms with E-state index < -0.39 is 17.7 Å². The minimum absolute atomic E-state index is 0.0389.